The molecule has 0 unspecified atom stereocenters. The van der Waals surface area contributed by atoms with E-state index in [2.05, 4.69) is 210 Å². The fourth-order valence-corrected chi connectivity index (χ4v) is 10.1. The minimum Gasteiger partial charge on any atom is -0.0622 e. The monoisotopic (exact) mass is 726 g/mol. The molecule has 0 saturated heterocycles. The van der Waals surface area contributed by atoms with Crippen LogP contribution in [-0.4, -0.2) is 0 Å². The van der Waals surface area contributed by atoms with E-state index in [-0.39, 0.29) is 5.41 Å². The van der Waals surface area contributed by atoms with E-state index in [0.717, 1.165) is 0 Å². The van der Waals surface area contributed by atoms with Crippen LogP contribution in [0.1, 0.15) is 36.1 Å². The van der Waals surface area contributed by atoms with E-state index in [9.17, 15) is 0 Å². The summed E-state index contributed by atoms with van der Waals surface area (Å²) in [6.45, 7) is 9.28. The zero-order valence-corrected chi connectivity index (χ0v) is 32.8. The van der Waals surface area contributed by atoms with Gasteiger partial charge in [-0.05, 0) is 148 Å². The summed E-state index contributed by atoms with van der Waals surface area (Å²) in [5.74, 6) is 0. The zero-order chi connectivity index (χ0) is 38.4. The average molecular weight is 727 g/mol. The molecule has 0 aliphatic heterocycles. The first-order valence-corrected chi connectivity index (χ1v) is 20.2. The predicted molar refractivity (Wildman–Crippen MR) is 245 cm³/mol. The van der Waals surface area contributed by atoms with Gasteiger partial charge in [-0.25, -0.2) is 0 Å². The summed E-state index contributed by atoms with van der Waals surface area (Å²) in [7, 11) is 0. The molecule has 1 aliphatic carbocycles. The van der Waals surface area contributed by atoms with E-state index in [1.165, 1.54) is 121 Å². The van der Waals surface area contributed by atoms with Crippen LogP contribution in [0.3, 0.4) is 0 Å². The van der Waals surface area contributed by atoms with E-state index in [1.54, 1.807) is 0 Å². The number of fused-ring (bicyclic) bond motifs is 7. The highest BCUT2D eigenvalue weighted by molar-refractivity contribution is 6.25. The van der Waals surface area contributed by atoms with Crippen LogP contribution in [0, 0.1) is 13.8 Å². The fraction of sp³-hybridized carbons (Fsp3) is 0.0877. The molecule has 0 fully saturated rings. The molecule has 11 rings (SSSR count). The van der Waals surface area contributed by atoms with Gasteiger partial charge in [0, 0.05) is 5.41 Å². The number of rotatable bonds is 4. The molecule has 0 aromatic heterocycles. The van der Waals surface area contributed by atoms with Crippen molar-refractivity contribution < 1.29 is 0 Å². The van der Waals surface area contributed by atoms with Crippen molar-refractivity contribution in [1.29, 1.82) is 0 Å². The van der Waals surface area contributed by atoms with Gasteiger partial charge in [-0.2, -0.15) is 0 Å². The third-order valence-corrected chi connectivity index (χ3v) is 12.7. The third kappa shape index (κ3) is 5.21. The van der Waals surface area contributed by atoms with Crippen molar-refractivity contribution in [2.24, 2.45) is 0 Å². The molecule has 0 heteroatoms. The summed E-state index contributed by atoms with van der Waals surface area (Å²) in [5.41, 5.74) is 18.0. The van der Waals surface area contributed by atoms with Crippen LogP contribution in [0.5, 0.6) is 0 Å². The zero-order valence-electron chi connectivity index (χ0n) is 32.8. The molecule has 0 saturated carbocycles. The van der Waals surface area contributed by atoms with E-state index in [0.29, 0.717) is 0 Å². The lowest BCUT2D eigenvalue weighted by atomic mass is 9.78. The molecule has 0 atom stereocenters. The maximum absolute atomic E-state index is 2.56. The van der Waals surface area contributed by atoms with E-state index < -0.39 is 0 Å². The Bertz CT molecular complexity index is 3250. The second-order valence-electron chi connectivity index (χ2n) is 16.6. The second-order valence-corrected chi connectivity index (χ2v) is 16.6. The van der Waals surface area contributed by atoms with Crippen molar-refractivity contribution in [3.63, 3.8) is 0 Å². The predicted octanol–water partition coefficient (Wildman–Crippen LogP) is 15.9. The first kappa shape index (κ1) is 33.6. The van der Waals surface area contributed by atoms with Crippen LogP contribution >= 0.6 is 0 Å². The number of hydrogen-bond acceptors (Lipinski definition) is 0. The molecule has 10 aromatic rings. The summed E-state index contributed by atoms with van der Waals surface area (Å²) in [6.07, 6.45) is 0. The average Bonchev–Trinajstić information content (AvgIpc) is 3.45. The molecular weight excluding hydrogens is 685 g/mol. The van der Waals surface area contributed by atoms with Gasteiger partial charge in [-0.1, -0.05) is 183 Å². The van der Waals surface area contributed by atoms with E-state index >= 15 is 0 Å². The minimum atomic E-state index is -0.193. The summed E-state index contributed by atoms with van der Waals surface area (Å²) < 4.78 is 0. The van der Waals surface area contributed by atoms with Gasteiger partial charge < -0.3 is 0 Å². The fourth-order valence-electron chi connectivity index (χ4n) is 10.1. The molecule has 57 heavy (non-hydrogen) atoms. The maximum atomic E-state index is 2.56. The largest absolute Gasteiger partial charge is 0.0622 e. The van der Waals surface area contributed by atoms with E-state index in [4.69, 9.17) is 0 Å². The number of hydrogen-bond donors (Lipinski definition) is 0. The lowest BCUT2D eigenvalue weighted by Crippen LogP contribution is -2.15. The second kappa shape index (κ2) is 12.6. The van der Waals surface area contributed by atoms with Crippen LogP contribution < -0.4 is 0 Å². The Balaban J connectivity index is 1.23. The van der Waals surface area contributed by atoms with Crippen LogP contribution in [0.15, 0.2) is 182 Å². The lowest BCUT2D eigenvalue weighted by molar-refractivity contribution is 0.661. The lowest BCUT2D eigenvalue weighted by Gasteiger charge is -2.24. The van der Waals surface area contributed by atoms with Crippen LogP contribution in [0.25, 0.3) is 98.7 Å². The summed E-state index contributed by atoms with van der Waals surface area (Å²) in [5, 5.41) is 10.2. The highest BCUT2D eigenvalue weighted by Crippen LogP contribution is 2.54. The quantitative estimate of drug-likeness (QED) is 0.158. The molecule has 1 aliphatic rings. The summed E-state index contributed by atoms with van der Waals surface area (Å²) >= 11 is 0. The van der Waals surface area contributed by atoms with Crippen LogP contribution in [0.4, 0.5) is 0 Å². The van der Waals surface area contributed by atoms with Crippen molar-refractivity contribution in [2.45, 2.75) is 33.1 Å². The highest BCUT2D eigenvalue weighted by atomic mass is 14.4. The minimum absolute atomic E-state index is 0.193. The molecule has 10 aromatic carbocycles. The van der Waals surface area contributed by atoms with Gasteiger partial charge in [0.15, 0.2) is 0 Å². The van der Waals surface area contributed by atoms with Crippen LogP contribution in [0.2, 0.25) is 0 Å². The van der Waals surface area contributed by atoms with Crippen molar-refractivity contribution >= 4 is 43.1 Å². The topological polar surface area (TPSA) is 0 Å². The number of benzene rings is 10. The van der Waals surface area contributed by atoms with Gasteiger partial charge in [-0.15, -0.1) is 0 Å². The van der Waals surface area contributed by atoms with Gasteiger partial charge >= 0.3 is 0 Å². The van der Waals surface area contributed by atoms with Crippen molar-refractivity contribution in [1.82, 2.24) is 0 Å². The summed E-state index contributed by atoms with van der Waals surface area (Å²) in [4.78, 5) is 0. The highest BCUT2D eigenvalue weighted by Gasteiger charge is 2.37. The molecular formula is C57H42. The molecule has 0 bridgehead atoms. The van der Waals surface area contributed by atoms with Crippen molar-refractivity contribution in [3.8, 4) is 55.6 Å². The Morgan fingerprint density at radius 2 is 0.842 bits per heavy atom. The Morgan fingerprint density at radius 1 is 0.298 bits per heavy atom. The smallest absolute Gasteiger partial charge is 0.0159 e. The molecule has 0 N–H and O–H groups in total. The van der Waals surface area contributed by atoms with Crippen molar-refractivity contribution in [3.05, 3.63) is 204 Å². The van der Waals surface area contributed by atoms with Gasteiger partial charge in [0.2, 0.25) is 0 Å². The molecule has 0 heterocycles. The molecule has 0 spiro atoms. The van der Waals surface area contributed by atoms with Gasteiger partial charge in [0.1, 0.15) is 0 Å². The Morgan fingerprint density at radius 3 is 1.60 bits per heavy atom. The molecule has 0 amide bonds. The molecule has 0 nitrogen and oxygen atoms in total. The number of aryl methyl sites for hydroxylation is 2. The van der Waals surface area contributed by atoms with Crippen molar-refractivity contribution in [2.75, 3.05) is 0 Å². The normalized spacial score (nSPS) is 13.1. The van der Waals surface area contributed by atoms with Gasteiger partial charge in [-0.3, -0.25) is 0 Å². The first-order chi connectivity index (χ1) is 27.8. The Hall–Kier alpha value is -6.76. The van der Waals surface area contributed by atoms with Gasteiger partial charge in [0.25, 0.3) is 0 Å². The Kier molecular flexibility index (Phi) is 7.44. The van der Waals surface area contributed by atoms with Gasteiger partial charge in [0.05, 0.1) is 0 Å². The summed E-state index contributed by atoms with van der Waals surface area (Å²) in [6, 6.07) is 68.4. The SMILES string of the molecule is Cc1cc(C)cc(-c2c3ccccc3c(-c3ccc(-c4ccccc4)c4ccccc34)c3cc4c(cc23)C(C)(C)c2cc(-c3ccc5ccccc5c3)ccc2-4)c1. The molecule has 0 radical (unpaired) electrons. The third-order valence-electron chi connectivity index (χ3n) is 12.7. The standard InChI is InChI=1S/C57H42/c1-35-28-36(2)30-42(29-35)55-47-20-12-13-21-48(47)56(49-27-26-43(38-15-6-5-7-16-38)44-18-10-11-19-45(44)49)51-33-50-46-25-24-41(32-53(46)57(3,4)54(50)34-52(51)55)40-23-22-37-14-8-9-17-39(37)31-40/h5-34H,1-4H3. The first-order valence-electron chi connectivity index (χ1n) is 20.2. The Labute approximate surface area is 334 Å². The maximum Gasteiger partial charge on any atom is 0.0159 e. The molecule has 270 valence electrons. The van der Waals surface area contributed by atoms with E-state index in [1.807, 2.05) is 0 Å². The van der Waals surface area contributed by atoms with Crippen LogP contribution in [-0.2, 0) is 5.41 Å².